The first-order valence-corrected chi connectivity index (χ1v) is 10.2. The summed E-state index contributed by atoms with van der Waals surface area (Å²) in [4.78, 5) is 30.8. The zero-order chi connectivity index (χ0) is 22.3. The lowest BCUT2D eigenvalue weighted by molar-refractivity contribution is -0.122. The highest BCUT2D eigenvalue weighted by molar-refractivity contribution is 6.06. The third-order valence-electron chi connectivity index (χ3n) is 5.26. The highest BCUT2D eigenvalue weighted by Gasteiger charge is 2.22. The molecule has 0 aliphatic heterocycles. The minimum atomic E-state index is -0.422. The summed E-state index contributed by atoms with van der Waals surface area (Å²) in [5.41, 5.74) is 1.54. The van der Waals surface area contributed by atoms with Crippen molar-refractivity contribution in [3.8, 4) is 0 Å². The Morgan fingerprint density at radius 1 is 1.16 bits per heavy atom. The number of rotatable bonds is 4. The van der Waals surface area contributed by atoms with Crippen molar-refractivity contribution in [1.82, 2.24) is 19.4 Å². The molecule has 1 atom stereocenters. The van der Waals surface area contributed by atoms with Gasteiger partial charge in [0.2, 0.25) is 5.91 Å². The number of hydrogen-bond donors (Lipinski definition) is 1. The van der Waals surface area contributed by atoms with E-state index in [9.17, 15) is 14.0 Å². The predicted octanol–water partition coefficient (Wildman–Crippen LogP) is 4.01. The summed E-state index contributed by atoms with van der Waals surface area (Å²) in [6, 6.07) is 13.7. The van der Waals surface area contributed by atoms with Crippen molar-refractivity contribution in [2.24, 2.45) is 0 Å². The molecule has 7 heteroatoms. The number of nitrogens with one attached hydrogen (secondary N) is 1. The molecule has 0 aliphatic rings. The summed E-state index contributed by atoms with van der Waals surface area (Å²) in [6.07, 6.45) is 1.49. The molecular weight excluding hydrogens is 395 g/mol. The predicted molar refractivity (Wildman–Crippen MR) is 120 cm³/mol. The van der Waals surface area contributed by atoms with Crippen LogP contribution in [0.2, 0.25) is 0 Å². The molecule has 4 rings (SSSR count). The van der Waals surface area contributed by atoms with Crippen LogP contribution in [0.1, 0.15) is 39.3 Å². The average molecular weight is 420 g/mol. The fourth-order valence-electron chi connectivity index (χ4n) is 3.88. The van der Waals surface area contributed by atoms with Gasteiger partial charge in [-0.15, -0.1) is 0 Å². The summed E-state index contributed by atoms with van der Waals surface area (Å²) in [6.45, 7) is 7.53. The van der Waals surface area contributed by atoms with Crippen LogP contribution in [0.25, 0.3) is 21.9 Å². The quantitative estimate of drug-likeness (QED) is 0.542. The number of amides is 1. The van der Waals surface area contributed by atoms with Gasteiger partial charge in [-0.3, -0.25) is 14.2 Å². The molecule has 0 saturated heterocycles. The van der Waals surface area contributed by atoms with Gasteiger partial charge >= 0.3 is 0 Å². The van der Waals surface area contributed by atoms with Gasteiger partial charge in [-0.05, 0) is 51.5 Å². The third kappa shape index (κ3) is 3.95. The van der Waals surface area contributed by atoms with Crippen molar-refractivity contribution in [2.45, 2.75) is 45.8 Å². The van der Waals surface area contributed by atoms with Crippen LogP contribution in [0.15, 0.2) is 59.7 Å². The van der Waals surface area contributed by atoms with E-state index in [0.717, 1.165) is 5.56 Å². The van der Waals surface area contributed by atoms with E-state index in [-0.39, 0.29) is 29.6 Å². The van der Waals surface area contributed by atoms with Gasteiger partial charge in [0.25, 0.3) is 5.56 Å². The highest BCUT2D eigenvalue weighted by atomic mass is 19.1. The number of benzene rings is 2. The second kappa shape index (κ2) is 7.65. The lowest BCUT2D eigenvalue weighted by Gasteiger charge is -2.21. The normalized spacial score (nSPS) is 12.9. The Morgan fingerprint density at radius 3 is 2.55 bits per heavy atom. The van der Waals surface area contributed by atoms with Gasteiger partial charge in [0.1, 0.15) is 23.4 Å². The van der Waals surface area contributed by atoms with E-state index >= 15 is 0 Å². The smallest absolute Gasteiger partial charge is 0.278 e. The Labute approximate surface area is 179 Å². The molecule has 1 N–H and O–H groups in total. The first-order valence-electron chi connectivity index (χ1n) is 10.2. The molecule has 2 aromatic carbocycles. The van der Waals surface area contributed by atoms with E-state index in [1.807, 2.05) is 58.0 Å². The minimum absolute atomic E-state index is 0.0659. The van der Waals surface area contributed by atoms with Crippen LogP contribution < -0.4 is 10.9 Å². The van der Waals surface area contributed by atoms with Crippen LogP contribution in [0.5, 0.6) is 0 Å². The number of carbonyl (C=O) groups excluding carboxylic acids is 1. The van der Waals surface area contributed by atoms with Crippen molar-refractivity contribution in [3.63, 3.8) is 0 Å². The standard InChI is InChI=1S/C24H25FN4O2/c1-15(16-8-6-5-7-9-16)29-14-26-21-18-12-17(25)10-11-19(18)28(22(21)23(29)31)13-20(30)27-24(2,3)4/h5-12,14-15H,13H2,1-4H3,(H,27,30). The van der Waals surface area contributed by atoms with Crippen molar-refractivity contribution < 1.29 is 9.18 Å². The summed E-state index contributed by atoms with van der Waals surface area (Å²) in [7, 11) is 0. The first-order chi connectivity index (χ1) is 14.7. The Bertz CT molecular complexity index is 1330. The largest absolute Gasteiger partial charge is 0.350 e. The zero-order valence-corrected chi connectivity index (χ0v) is 18.0. The number of halogens is 1. The molecule has 0 bridgehead atoms. The summed E-state index contributed by atoms with van der Waals surface area (Å²) in [5, 5.41) is 3.43. The molecule has 0 spiro atoms. The molecule has 6 nitrogen and oxygen atoms in total. The van der Waals surface area contributed by atoms with Crippen LogP contribution >= 0.6 is 0 Å². The van der Waals surface area contributed by atoms with Gasteiger partial charge < -0.3 is 9.88 Å². The van der Waals surface area contributed by atoms with Gasteiger partial charge in [0.15, 0.2) is 0 Å². The maximum atomic E-state index is 14.0. The molecule has 0 radical (unpaired) electrons. The van der Waals surface area contributed by atoms with Crippen LogP contribution in [-0.4, -0.2) is 25.6 Å². The first kappa shape index (κ1) is 20.8. The molecule has 2 aromatic heterocycles. The molecule has 160 valence electrons. The Hall–Kier alpha value is -3.48. The SMILES string of the molecule is CC(c1ccccc1)n1cnc2c3cc(F)ccc3n(CC(=O)NC(C)(C)C)c2c1=O. The molecule has 31 heavy (non-hydrogen) atoms. The van der Waals surface area contributed by atoms with E-state index in [2.05, 4.69) is 10.3 Å². The molecule has 0 saturated carbocycles. The van der Waals surface area contributed by atoms with E-state index < -0.39 is 11.4 Å². The van der Waals surface area contributed by atoms with E-state index in [1.54, 1.807) is 15.2 Å². The Balaban J connectivity index is 1.93. The highest BCUT2D eigenvalue weighted by Crippen LogP contribution is 2.27. The average Bonchev–Trinajstić information content (AvgIpc) is 3.00. The zero-order valence-electron chi connectivity index (χ0n) is 18.0. The molecule has 0 aliphatic carbocycles. The molecular formula is C24H25FN4O2. The third-order valence-corrected chi connectivity index (χ3v) is 5.26. The van der Waals surface area contributed by atoms with Crippen molar-refractivity contribution >= 4 is 27.8 Å². The maximum absolute atomic E-state index is 14.0. The van der Waals surface area contributed by atoms with E-state index in [0.29, 0.717) is 16.4 Å². The van der Waals surface area contributed by atoms with E-state index in [1.165, 1.54) is 18.5 Å². The van der Waals surface area contributed by atoms with Gasteiger partial charge in [-0.2, -0.15) is 0 Å². The van der Waals surface area contributed by atoms with Gasteiger partial charge in [-0.25, -0.2) is 9.37 Å². The van der Waals surface area contributed by atoms with Crippen LogP contribution in [0, 0.1) is 5.82 Å². The fraction of sp³-hybridized carbons (Fsp3) is 0.292. The number of aromatic nitrogens is 3. The summed E-state index contributed by atoms with van der Waals surface area (Å²) < 4.78 is 17.2. The minimum Gasteiger partial charge on any atom is -0.350 e. The van der Waals surface area contributed by atoms with Crippen molar-refractivity contribution in [1.29, 1.82) is 0 Å². The molecule has 0 fully saturated rings. The van der Waals surface area contributed by atoms with Crippen LogP contribution in [0.3, 0.4) is 0 Å². The molecule has 1 unspecified atom stereocenters. The van der Waals surface area contributed by atoms with Crippen LogP contribution in [0.4, 0.5) is 4.39 Å². The number of nitrogens with zero attached hydrogens (tertiary/aromatic N) is 3. The number of carbonyl (C=O) groups is 1. The second-order valence-electron chi connectivity index (χ2n) is 8.79. The lowest BCUT2D eigenvalue weighted by atomic mass is 10.1. The van der Waals surface area contributed by atoms with Gasteiger partial charge in [0, 0.05) is 10.9 Å². The lowest BCUT2D eigenvalue weighted by Crippen LogP contribution is -2.42. The van der Waals surface area contributed by atoms with E-state index in [4.69, 9.17) is 0 Å². The fourth-order valence-corrected chi connectivity index (χ4v) is 3.88. The molecule has 4 aromatic rings. The maximum Gasteiger partial charge on any atom is 0.278 e. The Kier molecular flexibility index (Phi) is 5.13. The van der Waals surface area contributed by atoms with Crippen molar-refractivity contribution in [3.05, 3.63) is 76.6 Å². The second-order valence-corrected chi connectivity index (χ2v) is 8.79. The Morgan fingerprint density at radius 2 is 1.87 bits per heavy atom. The molecule has 2 heterocycles. The van der Waals surface area contributed by atoms with Gasteiger partial charge in [0.05, 0.1) is 17.9 Å². The number of fused-ring (bicyclic) bond motifs is 3. The monoisotopic (exact) mass is 420 g/mol. The van der Waals surface area contributed by atoms with Crippen molar-refractivity contribution in [2.75, 3.05) is 0 Å². The van der Waals surface area contributed by atoms with Crippen LogP contribution in [-0.2, 0) is 11.3 Å². The topological polar surface area (TPSA) is 68.9 Å². The summed E-state index contributed by atoms with van der Waals surface area (Å²) in [5.74, 6) is -0.657. The van der Waals surface area contributed by atoms with Gasteiger partial charge in [-0.1, -0.05) is 30.3 Å². The summed E-state index contributed by atoms with van der Waals surface area (Å²) >= 11 is 0. The number of hydrogen-bond acceptors (Lipinski definition) is 3. The molecule has 1 amide bonds.